The van der Waals surface area contributed by atoms with Crippen LogP contribution in [-0.4, -0.2) is 46.1 Å². The van der Waals surface area contributed by atoms with Gasteiger partial charge in [0, 0.05) is 0 Å². The third-order valence-corrected chi connectivity index (χ3v) is 11.1. The molecule has 0 aromatic rings. The number of unbranched alkanes of at least 4 members (excludes halogenated alkanes) is 32. The Morgan fingerprint density at radius 1 is 0.462 bits per heavy atom. The Kier molecular flexibility index (Phi) is 42.1. The van der Waals surface area contributed by atoms with E-state index in [4.69, 9.17) is 0 Å². The van der Waals surface area contributed by atoms with Crippen molar-refractivity contribution in [1.29, 1.82) is 0 Å². The van der Waals surface area contributed by atoms with Crippen LogP contribution in [-0.2, 0) is 4.79 Å². The van der Waals surface area contributed by atoms with Crippen molar-refractivity contribution in [2.75, 3.05) is 6.61 Å². The molecule has 0 rings (SSSR count). The lowest BCUT2D eigenvalue weighted by Gasteiger charge is -2.23. The molecular formula is C47H93NO4. The van der Waals surface area contributed by atoms with Crippen molar-refractivity contribution in [3.05, 3.63) is 12.2 Å². The van der Waals surface area contributed by atoms with Gasteiger partial charge in [0.1, 0.15) is 0 Å². The maximum atomic E-state index is 12.5. The van der Waals surface area contributed by atoms with Gasteiger partial charge in [-0.15, -0.1) is 0 Å². The van der Waals surface area contributed by atoms with Crippen LogP contribution in [0.5, 0.6) is 0 Å². The number of carbonyl (C=O) groups excluding carboxylic acids is 1. The Hall–Kier alpha value is -0.910. The van der Waals surface area contributed by atoms with Crippen LogP contribution in [0.2, 0.25) is 0 Å². The molecule has 0 aliphatic heterocycles. The zero-order chi connectivity index (χ0) is 38.0. The predicted octanol–water partition coefficient (Wildman–Crippen LogP) is 13.6. The van der Waals surface area contributed by atoms with Gasteiger partial charge in [-0.25, -0.2) is 0 Å². The smallest absolute Gasteiger partial charge is 0.222 e. The van der Waals surface area contributed by atoms with E-state index in [0.29, 0.717) is 12.8 Å². The van der Waals surface area contributed by atoms with Crippen molar-refractivity contribution in [1.82, 2.24) is 5.32 Å². The summed E-state index contributed by atoms with van der Waals surface area (Å²) in [5.74, 6) is -0.283. The quantitative estimate of drug-likeness (QED) is 0.0371. The second-order valence-electron chi connectivity index (χ2n) is 16.4. The van der Waals surface area contributed by atoms with Gasteiger partial charge in [0.2, 0.25) is 5.91 Å². The zero-order valence-electron chi connectivity index (χ0n) is 35.2. The van der Waals surface area contributed by atoms with E-state index in [1.54, 1.807) is 0 Å². The van der Waals surface area contributed by atoms with Crippen LogP contribution >= 0.6 is 0 Å². The topological polar surface area (TPSA) is 89.8 Å². The zero-order valence-corrected chi connectivity index (χ0v) is 35.2. The molecule has 0 aliphatic carbocycles. The molecule has 5 nitrogen and oxygen atoms in total. The summed E-state index contributed by atoms with van der Waals surface area (Å²) < 4.78 is 0. The van der Waals surface area contributed by atoms with Gasteiger partial charge in [-0.3, -0.25) is 4.79 Å². The highest BCUT2D eigenvalue weighted by Gasteiger charge is 2.21. The average Bonchev–Trinajstić information content (AvgIpc) is 3.14. The minimum Gasteiger partial charge on any atom is -0.394 e. The fraction of sp³-hybridized carbons (Fsp3) is 0.936. The van der Waals surface area contributed by atoms with E-state index in [9.17, 15) is 20.1 Å². The molecule has 0 aromatic heterocycles. The molecule has 3 atom stereocenters. The average molecular weight is 736 g/mol. The largest absolute Gasteiger partial charge is 0.394 e. The van der Waals surface area contributed by atoms with Gasteiger partial charge in [0.25, 0.3) is 0 Å². The number of amides is 1. The lowest BCUT2D eigenvalue weighted by molar-refractivity contribution is -0.125. The maximum Gasteiger partial charge on any atom is 0.222 e. The minimum absolute atomic E-state index is 0.0366. The van der Waals surface area contributed by atoms with Crippen molar-refractivity contribution >= 4 is 5.91 Å². The third-order valence-electron chi connectivity index (χ3n) is 11.1. The molecule has 0 heterocycles. The molecule has 5 heteroatoms. The molecule has 3 unspecified atom stereocenters. The molecule has 4 N–H and O–H groups in total. The monoisotopic (exact) mass is 736 g/mol. The van der Waals surface area contributed by atoms with Gasteiger partial charge in [-0.1, -0.05) is 225 Å². The highest BCUT2D eigenvalue weighted by molar-refractivity contribution is 5.76. The highest BCUT2D eigenvalue weighted by Crippen LogP contribution is 2.16. The molecule has 0 fully saturated rings. The second-order valence-corrected chi connectivity index (χ2v) is 16.4. The van der Waals surface area contributed by atoms with Crippen LogP contribution < -0.4 is 5.32 Å². The van der Waals surface area contributed by atoms with Crippen LogP contribution in [0.25, 0.3) is 0 Å². The normalized spacial score (nSPS) is 13.6. The van der Waals surface area contributed by atoms with Crippen molar-refractivity contribution < 1.29 is 20.1 Å². The lowest BCUT2D eigenvalue weighted by Crippen LogP contribution is -2.46. The minimum atomic E-state index is -0.747. The first-order valence-corrected chi connectivity index (χ1v) is 23.5. The fourth-order valence-electron chi connectivity index (χ4n) is 7.46. The molecule has 0 aliphatic rings. The Morgan fingerprint density at radius 2 is 0.769 bits per heavy atom. The van der Waals surface area contributed by atoms with Crippen LogP contribution in [0.1, 0.15) is 258 Å². The number of hydrogen-bond donors (Lipinski definition) is 4. The van der Waals surface area contributed by atoms with Gasteiger partial charge < -0.3 is 20.6 Å². The van der Waals surface area contributed by atoms with E-state index >= 15 is 0 Å². The van der Waals surface area contributed by atoms with E-state index in [1.807, 2.05) is 0 Å². The van der Waals surface area contributed by atoms with Gasteiger partial charge >= 0.3 is 0 Å². The van der Waals surface area contributed by atoms with Gasteiger partial charge in [0.15, 0.2) is 0 Å². The van der Waals surface area contributed by atoms with Gasteiger partial charge in [-0.05, 0) is 38.5 Å². The van der Waals surface area contributed by atoms with Crippen LogP contribution in [0, 0.1) is 0 Å². The highest BCUT2D eigenvalue weighted by atomic mass is 16.3. The lowest BCUT2D eigenvalue weighted by atomic mass is 10.0. The molecule has 0 saturated heterocycles. The number of rotatable bonds is 43. The summed E-state index contributed by atoms with van der Waals surface area (Å²) in [6.45, 7) is 4.28. The van der Waals surface area contributed by atoms with E-state index in [0.717, 1.165) is 25.7 Å². The number of allylic oxidation sites excluding steroid dienone is 2. The summed E-state index contributed by atoms with van der Waals surface area (Å²) in [5, 5.41) is 33.4. The number of hydrogen-bond acceptors (Lipinski definition) is 4. The second kappa shape index (κ2) is 42.8. The number of aliphatic hydroxyl groups excluding tert-OH is 3. The van der Waals surface area contributed by atoms with E-state index in [-0.39, 0.29) is 18.9 Å². The molecule has 0 radical (unpaired) electrons. The van der Waals surface area contributed by atoms with Crippen molar-refractivity contribution in [2.45, 2.75) is 276 Å². The Morgan fingerprint density at radius 3 is 1.12 bits per heavy atom. The summed E-state index contributed by atoms with van der Waals surface area (Å²) in [7, 11) is 0. The van der Waals surface area contributed by atoms with E-state index in [1.165, 1.54) is 199 Å². The number of aliphatic hydroxyl groups is 3. The molecular weight excluding hydrogens is 643 g/mol. The molecule has 310 valence electrons. The molecule has 0 bridgehead atoms. The summed E-state index contributed by atoms with van der Waals surface area (Å²) in [6, 6.07) is -0.656. The number of nitrogens with one attached hydrogen (secondary N) is 1. The first-order chi connectivity index (χ1) is 25.5. The molecule has 0 spiro atoms. The third kappa shape index (κ3) is 38.8. The molecule has 0 saturated carbocycles. The van der Waals surface area contributed by atoms with Gasteiger partial charge in [0.05, 0.1) is 31.3 Å². The SMILES string of the molecule is CCCCCCCCCCCCCC/C=C\CCCCCCCCCC(O)CC(=O)NC(CO)C(O)CCCCCCCCCCCCCCCC. The Labute approximate surface area is 325 Å². The molecule has 1 amide bonds. The van der Waals surface area contributed by atoms with Crippen molar-refractivity contribution in [3.63, 3.8) is 0 Å². The summed E-state index contributed by atoms with van der Waals surface area (Å²) in [4.78, 5) is 12.5. The Bertz CT molecular complexity index is 728. The van der Waals surface area contributed by atoms with Crippen LogP contribution in [0.3, 0.4) is 0 Å². The molecule has 0 aromatic carbocycles. The fourth-order valence-corrected chi connectivity index (χ4v) is 7.46. The first-order valence-electron chi connectivity index (χ1n) is 23.5. The van der Waals surface area contributed by atoms with E-state index in [2.05, 4.69) is 31.3 Å². The van der Waals surface area contributed by atoms with Crippen LogP contribution in [0.4, 0.5) is 0 Å². The molecule has 52 heavy (non-hydrogen) atoms. The maximum absolute atomic E-state index is 12.5. The van der Waals surface area contributed by atoms with Crippen molar-refractivity contribution in [3.8, 4) is 0 Å². The van der Waals surface area contributed by atoms with E-state index < -0.39 is 18.2 Å². The Balaban J connectivity index is 3.57. The number of carbonyl (C=O) groups is 1. The summed E-state index contributed by atoms with van der Waals surface area (Å²) >= 11 is 0. The standard InChI is InChI=1S/C47H93NO4/c1-3-5-7-9-11-13-15-17-19-20-21-22-23-24-25-26-27-28-30-32-34-36-38-40-44(50)42-47(52)48-45(43-49)46(51)41-39-37-35-33-31-29-18-16-14-12-10-8-6-4-2/h24-25,44-46,49-51H,3-23,26-43H2,1-2H3,(H,48,52)/b25-24-. The predicted molar refractivity (Wildman–Crippen MR) is 227 cm³/mol. The van der Waals surface area contributed by atoms with Gasteiger partial charge in [-0.2, -0.15) is 0 Å². The van der Waals surface area contributed by atoms with Crippen molar-refractivity contribution in [2.24, 2.45) is 0 Å². The summed E-state index contributed by atoms with van der Waals surface area (Å²) in [6.07, 6.45) is 50.4. The van der Waals surface area contributed by atoms with Crippen LogP contribution in [0.15, 0.2) is 12.2 Å². The first kappa shape index (κ1) is 51.1. The summed E-state index contributed by atoms with van der Waals surface area (Å²) in [5.41, 5.74) is 0.